The molecule has 0 spiro atoms. The Morgan fingerprint density at radius 1 is 1.17 bits per heavy atom. The SMILES string of the molecule is CN1CCc2nc(C(=O)N[C@@H]3C[C@@H](C(=O)N(C)C)CC[C@@H]3N(C(=O)C(N)=O)c3ccncc3)sc2C1. The van der Waals surface area contributed by atoms with Gasteiger partial charge in [0.15, 0.2) is 5.01 Å². The van der Waals surface area contributed by atoms with Crippen molar-refractivity contribution in [3.8, 4) is 0 Å². The van der Waals surface area contributed by atoms with Gasteiger partial charge in [0.05, 0.1) is 17.8 Å². The van der Waals surface area contributed by atoms with E-state index in [-0.39, 0.29) is 17.7 Å². The molecule has 1 aliphatic carbocycles. The molecule has 0 bridgehead atoms. The van der Waals surface area contributed by atoms with Crippen LogP contribution in [0.2, 0.25) is 0 Å². The molecule has 1 aliphatic heterocycles. The van der Waals surface area contributed by atoms with Crippen LogP contribution in [0.4, 0.5) is 5.69 Å². The lowest BCUT2D eigenvalue weighted by Gasteiger charge is -2.42. The first-order valence-corrected chi connectivity index (χ1v) is 12.7. The number of carbonyl (C=O) groups is 4. The summed E-state index contributed by atoms with van der Waals surface area (Å²) in [5, 5.41) is 3.39. The molecule has 2 aromatic heterocycles. The van der Waals surface area contributed by atoms with Gasteiger partial charge < -0.3 is 20.9 Å². The van der Waals surface area contributed by atoms with Gasteiger partial charge in [-0.3, -0.25) is 29.1 Å². The average molecular weight is 514 g/mol. The second kappa shape index (κ2) is 10.7. The van der Waals surface area contributed by atoms with E-state index in [0.717, 1.165) is 30.1 Å². The zero-order valence-corrected chi connectivity index (χ0v) is 21.5. The van der Waals surface area contributed by atoms with Gasteiger partial charge in [-0.25, -0.2) is 4.98 Å². The summed E-state index contributed by atoms with van der Waals surface area (Å²) < 4.78 is 0. The molecular formula is C24H31N7O4S. The first-order valence-electron chi connectivity index (χ1n) is 11.9. The third kappa shape index (κ3) is 5.39. The number of nitrogens with zero attached hydrogens (tertiary/aromatic N) is 5. The molecule has 2 aliphatic rings. The Kier molecular flexibility index (Phi) is 7.65. The summed E-state index contributed by atoms with van der Waals surface area (Å²) in [5.41, 5.74) is 6.78. The van der Waals surface area contributed by atoms with E-state index in [2.05, 4.69) is 20.2 Å². The molecular weight excluding hydrogens is 482 g/mol. The van der Waals surface area contributed by atoms with Crippen LogP contribution in [0.1, 0.15) is 39.6 Å². The minimum atomic E-state index is -1.10. The molecule has 0 radical (unpaired) electrons. The minimum absolute atomic E-state index is 0.0443. The van der Waals surface area contributed by atoms with Crippen molar-refractivity contribution in [2.45, 2.75) is 44.3 Å². The Hall–Kier alpha value is -3.38. The highest BCUT2D eigenvalue weighted by Crippen LogP contribution is 2.33. The van der Waals surface area contributed by atoms with Crippen LogP contribution < -0.4 is 16.0 Å². The van der Waals surface area contributed by atoms with Crippen LogP contribution in [0.25, 0.3) is 0 Å². The number of fused-ring (bicyclic) bond motifs is 1. The van der Waals surface area contributed by atoms with E-state index in [1.807, 2.05) is 7.05 Å². The molecule has 2 aromatic rings. The van der Waals surface area contributed by atoms with Gasteiger partial charge in [0, 0.05) is 62.5 Å². The number of pyridine rings is 1. The van der Waals surface area contributed by atoms with Crippen molar-refractivity contribution in [3.63, 3.8) is 0 Å². The third-order valence-corrected chi connectivity index (χ3v) is 7.82. The average Bonchev–Trinajstić information content (AvgIpc) is 3.28. The quantitative estimate of drug-likeness (QED) is 0.551. The molecule has 12 heteroatoms. The van der Waals surface area contributed by atoms with Gasteiger partial charge in [-0.05, 0) is 38.4 Å². The van der Waals surface area contributed by atoms with Gasteiger partial charge >= 0.3 is 11.8 Å². The first kappa shape index (κ1) is 25.7. The van der Waals surface area contributed by atoms with Gasteiger partial charge in [-0.2, -0.15) is 0 Å². The summed E-state index contributed by atoms with van der Waals surface area (Å²) >= 11 is 1.36. The number of nitrogens with one attached hydrogen (secondary N) is 1. The molecule has 192 valence electrons. The van der Waals surface area contributed by atoms with Crippen molar-refractivity contribution in [2.24, 2.45) is 11.7 Å². The lowest BCUT2D eigenvalue weighted by Crippen LogP contribution is -2.59. The molecule has 36 heavy (non-hydrogen) atoms. The van der Waals surface area contributed by atoms with Crippen molar-refractivity contribution in [1.82, 2.24) is 25.1 Å². The van der Waals surface area contributed by atoms with Gasteiger partial charge in [-0.1, -0.05) is 0 Å². The maximum atomic E-state index is 13.4. The van der Waals surface area contributed by atoms with Crippen LogP contribution in [0.15, 0.2) is 24.5 Å². The van der Waals surface area contributed by atoms with Crippen molar-refractivity contribution in [3.05, 3.63) is 40.1 Å². The molecule has 1 saturated carbocycles. The molecule has 4 rings (SSSR count). The van der Waals surface area contributed by atoms with Crippen LogP contribution in [0.3, 0.4) is 0 Å². The monoisotopic (exact) mass is 513 g/mol. The molecule has 1 fully saturated rings. The predicted molar refractivity (Wildman–Crippen MR) is 134 cm³/mol. The maximum absolute atomic E-state index is 13.4. The van der Waals surface area contributed by atoms with E-state index in [1.54, 1.807) is 26.2 Å². The smallest absolute Gasteiger partial charge is 0.316 e. The van der Waals surface area contributed by atoms with E-state index >= 15 is 0 Å². The third-order valence-electron chi connectivity index (χ3n) is 6.74. The Bertz CT molecular complexity index is 1150. The zero-order valence-electron chi connectivity index (χ0n) is 20.6. The minimum Gasteiger partial charge on any atom is -0.361 e. The molecule has 0 saturated heterocycles. The highest BCUT2D eigenvalue weighted by atomic mass is 32.1. The van der Waals surface area contributed by atoms with E-state index < -0.39 is 23.9 Å². The number of carbonyl (C=O) groups excluding carboxylic acids is 4. The van der Waals surface area contributed by atoms with Crippen molar-refractivity contribution in [1.29, 1.82) is 0 Å². The van der Waals surface area contributed by atoms with Gasteiger partial charge in [0.2, 0.25) is 5.91 Å². The fraction of sp³-hybridized carbons (Fsp3) is 0.500. The summed E-state index contributed by atoms with van der Waals surface area (Å²) in [7, 11) is 5.42. The molecule has 0 unspecified atom stereocenters. The number of thiazole rings is 1. The Morgan fingerprint density at radius 2 is 1.89 bits per heavy atom. The van der Waals surface area contributed by atoms with Crippen molar-refractivity contribution >= 4 is 40.7 Å². The molecule has 3 atom stereocenters. The number of amides is 4. The number of rotatable bonds is 5. The van der Waals surface area contributed by atoms with Crippen LogP contribution in [-0.2, 0) is 27.3 Å². The van der Waals surface area contributed by atoms with Crippen molar-refractivity contribution in [2.75, 3.05) is 32.6 Å². The Labute approximate surface area is 213 Å². The maximum Gasteiger partial charge on any atom is 0.316 e. The summed E-state index contributed by atoms with van der Waals surface area (Å²) in [6.07, 6.45) is 5.03. The molecule has 3 N–H and O–H groups in total. The fourth-order valence-corrected chi connectivity index (χ4v) is 6.03. The normalized spacial score (nSPS) is 21.8. The number of likely N-dealkylation sites (N-methyl/N-ethyl adjacent to an activating group) is 1. The molecule has 0 aromatic carbocycles. The Morgan fingerprint density at radius 3 is 2.56 bits per heavy atom. The number of hydrogen-bond donors (Lipinski definition) is 2. The lowest BCUT2D eigenvalue weighted by molar-refractivity contribution is -0.136. The number of aromatic nitrogens is 2. The summed E-state index contributed by atoms with van der Waals surface area (Å²) in [6, 6.07) is 2.05. The van der Waals surface area contributed by atoms with Crippen LogP contribution in [-0.4, -0.2) is 83.2 Å². The first-order chi connectivity index (χ1) is 17.2. The van der Waals surface area contributed by atoms with E-state index in [0.29, 0.717) is 30.0 Å². The fourth-order valence-electron chi connectivity index (χ4n) is 4.94. The van der Waals surface area contributed by atoms with Crippen LogP contribution >= 0.6 is 11.3 Å². The van der Waals surface area contributed by atoms with Crippen molar-refractivity contribution < 1.29 is 19.2 Å². The van der Waals surface area contributed by atoms with E-state index in [4.69, 9.17) is 5.73 Å². The van der Waals surface area contributed by atoms with Gasteiger partial charge in [0.25, 0.3) is 5.91 Å². The van der Waals surface area contributed by atoms with E-state index in [9.17, 15) is 19.2 Å². The highest BCUT2D eigenvalue weighted by molar-refractivity contribution is 7.13. The second-order valence-corrected chi connectivity index (χ2v) is 10.6. The molecule has 4 amide bonds. The highest BCUT2D eigenvalue weighted by Gasteiger charge is 2.42. The zero-order chi connectivity index (χ0) is 26.0. The standard InChI is InChI=1S/C24H31N7O4S/c1-29(2)23(34)14-4-5-18(31(24(35)20(25)32)15-6-9-26-10-7-15)17(12-14)27-21(33)22-28-16-8-11-30(3)13-19(16)36-22/h6-7,9-10,14,17-18H,4-5,8,11-13H2,1-3H3,(H2,25,32)(H,27,33)/t14-,17+,18-/m0/s1. The summed E-state index contributed by atoms with van der Waals surface area (Å²) in [6.45, 7) is 1.63. The molecule has 3 heterocycles. The number of anilines is 1. The van der Waals surface area contributed by atoms with Crippen LogP contribution in [0, 0.1) is 5.92 Å². The predicted octanol–water partition coefficient (Wildman–Crippen LogP) is 0.400. The number of primary amides is 1. The lowest BCUT2D eigenvalue weighted by atomic mass is 9.80. The number of nitrogens with two attached hydrogens (primary N) is 1. The van der Waals surface area contributed by atoms with E-state index in [1.165, 1.54) is 33.5 Å². The van der Waals surface area contributed by atoms with Gasteiger partial charge in [-0.15, -0.1) is 11.3 Å². The second-order valence-electron chi connectivity index (χ2n) is 9.51. The largest absolute Gasteiger partial charge is 0.361 e. The molecule has 11 nitrogen and oxygen atoms in total. The Balaban J connectivity index is 1.64. The van der Waals surface area contributed by atoms with Crippen LogP contribution in [0.5, 0.6) is 0 Å². The summed E-state index contributed by atoms with van der Waals surface area (Å²) in [5.74, 6) is -2.71. The van der Waals surface area contributed by atoms with Gasteiger partial charge in [0.1, 0.15) is 0 Å². The topological polar surface area (TPSA) is 142 Å². The summed E-state index contributed by atoms with van der Waals surface area (Å²) in [4.78, 5) is 65.7. The number of hydrogen-bond acceptors (Lipinski definition) is 8.